The summed E-state index contributed by atoms with van der Waals surface area (Å²) in [5, 5.41) is 1.98. The average Bonchev–Trinajstić information content (AvgIpc) is 2.62. The Kier molecular flexibility index (Phi) is 2.56. The summed E-state index contributed by atoms with van der Waals surface area (Å²) in [6.45, 7) is 3.93. The van der Waals surface area contributed by atoms with Gasteiger partial charge in [-0.25, -0.2) is 9.97 Å². The fraction of sp³-hybridized carbons (Fsp3) is 0.111. The van der Waals surface area contributed by atoms with Gasteiger partial charge < -0.3 is 4.98 Å². The van der Waals surface area contributed by atoms with Gasteiger partial charge in [-0.3, -0.25) is 0 Å². The summed E-state index contributed by atoms with van der Waals surface area (Å²) in [5.74, 6) is 0. The second-order valence-corrected chi connectivity index (χ2v) is 3.75. The van der Waals surface area contributed by atoms with Crippen LogP contribution in [0.25, 0.3) is 16.6 Å². The van der Waals surface area contributed by atoms with Gasteiger partial charge in [0.15, 0.2) is 0 Å². The second kappa shape index (κ2) is 3.71. The predicted octanol–water partition coefficient (Wildman–Crippen LogP) is 3.02. The van der Waals surface area contributed by atoms with Gasteiger partial charge in [0.25, 0.3) is 0 Å². The van der Waals surface area contributed by atoms with Gasteiger partial charge in [0.2, 0.25) is 0 Å². The molecular weight excluding hydrogens is 265 g/mol. The minimum absolute atomic E-state index is 0.452. The van der Waals surface area contributed by atoms with E-state index >= 15 is 0 Å². The molecule has 0 fully saturated rings. The third-order valence-corrected chi connectivity index (χ3v) is 2.93. The standard InChI is InChI=1S/C9H7BrClN3/c1-5(2-10)6-3-12-9-7(6)8(11)13-4-14-9/h3-4H,1-2H2,(H,12,13,14). The number of hydrogen-bond acceptors (Lipinski definition) is 2. The Hall–Kier alpha value is -0.870. The van der Waals surface area contributed by atoms with Crippen LogP contribution in [0.2, 0.25) is 5.15 Å². The SMILES string of the molecule is C=C(CBr)c1c[nH]c2ncnc(Cl)c12. The monoisotopic (exact) mass is 271 g/mol. The molecule has 0 unspecified atom stereocenters. The van der Waals surface area contributed by atoms with Crippen LogP contribution in [0.1, 0.15) is 5.56 Å². The van der Waals surface area contributed by atoms with Crippen molar-refractivity contribution < 1.29 is 0 Å². The number of nitrogens with zero attached hydrogens (tertiary/aromatic N) is 2. The first kappa shape index (κ1) is 9.68. The van der Waals surface area contributed by atoms with Crippen LogP contribution < -0.4 is 0 Å². The maximum absolute atomic E-state index is 5.98. The van der Waals surface area contributed by atoms with Crippen molar-refractivity contribution in [1.29, 1.82) is 0 Å². The van der Waals surface area contributed by atoms with Crippen LogP contribution in [0.15, 0.2) is 19.1 Å². The molecule has 0 aromatic carbocycles. The van der Waals surface area contributed by atoms with Crippen molar-refractivity contribution in [2.45, 2.75) is 0 Å². The first-order valence-electron chi connectivity index (χ1n) is 3.95. The average molecular weight is 273 g/mol. The van der Waals surface area contributed by atoms with Crippen molar-refractivity contribution in [3.63, 3.8) is 0 Å². The fourth-order valence-electron chi connectivity index (χ4n) is 1.28. The molecule has 0 atom stereocenters. The second-order valence-electron chi connectivity index (χ2n) is 2.83. The number of nitrogens with one attached hydrogen (secondary N) is 1. The quantitative estimate of drug-likeness (QED) is 0.674. The van der Waals surface area contributed by atoms with Crippen LogP contribution in [-0.2, 0) is 0 Å². The Morgan fingerprint density at radius 3 is 3.07 bits per heavy atom. The first-order chi connectivity index (χ1) is 6.74. The summed E-state index contributed by atoms with van der Waals surface area (Å²) in [5.41, 5.74) is 2.65. The molecule has 72 valence electrons. The molecule has 0 aliphatic carbocycles. The summed E-state index contributed by atoms with van der Waals surface area (Å²) < 4.78 is 0. The van der Waals surface area contributed by atoms with Crippen molar-refractivity contribution in [2.24, 2.45) is 0 Å². The molecule has 1 N–H and O–H groups in total. The number of H-pyrrole nitrogens is 1. The van der Waals surface area contributed by atoms with Gasteiger partial charge in [0.05, 0.1) is 5.39 Å². The Balaban J connectivity index is 2.73. The maximum Gasteiger partial charge on any atom is 0.142 e. The molecule has 0 amide bonds. The van der Waals surface area contributed by atoms with Gasteiger partial charge in [0, 0.05) is 17.1 Å². The highest BCUT2D eigenvalue weighted by Crippen LogP contribution is 2.28. The number of aromatic amines is 1. The first-order valence-corrected chi connectivity index (χ1v) is 5.45. The topological polar surface area (TPSA) is 41.6 Å². The summed E-state index contributed by atoms with van der Waals surface area (Å²) >= 11 is 9.33. The zero-order chi connectivity index (χ0) is 10.1. The van der Waals surface area contributed by atoms with Crippen LogP contribution in [-0.4, -0.2) is 20.3 Å². The van der Waals surface area contributed by atoms with E-state index in [0.29, 0.717) is 10.5 Å². The molecule has 2 rings (SSSR count). The molecule has 0 radical (unpaired) electrons. The Morgan fingerprint density at radius 1 is 1.57 bits per heavy atom. The highest BCUT2D eigenvalue weighted by Gasteiger charge is 2.10. The molecule has 2 heterocycles. The zero-order valence-corrected chi connectivity index (χ0v) is 9.56. The van der Waals surface area contributed by atoms with E-state index in [9.17, 15) is 0 Å². The normalized spacial score (nSPS) is 10.7. The van der Waals surface area contributed by atoms with Gasteiger partial charge in [-0.05, 0) is 5.57 Å². The lowest BCUT2D eigenvalue weighted by Crippen LogP contribution is -1.85. The largest absolute Gasteiger partial charge is 0.345 e. The summed E-state index contributed by atoms with van der Waals surface area (Å²) in [4.78, 5) is 11.0. The van der Waals surface area contributed by atoms with E-state index in [0.717, 1.165) is 22.2 Å². The molecule has 5 heteroatoms. The van der Waals surface area contributed by atoms with Crippen molar-refractivity contribution >= 4 is 44.1 Å². The van der Waals surface area contributed by atoms with E-state index in [4.69, 9.17) is 11.6 Å². The Morgan fingerprint density at radius 2 is 2.36 bits per heavy atom. The van der Waals surface area contributed by atoms with E-state index in [1.807, 2.05) is 6.20 Å². The molecule has 0 saturated heterocycles. The third kappa shape index (κ3) is 1.44. The van der Waals surface area contributed by atoms with E-state index in [2.05, 4.69) is 37.5 Å². The van der Waals surface area contributed by atoms with Gasteiger partial charge >= 0.3 is 0 Å². The lowest BCUT2D eigenvalue weighted by molar-refractivity contribution is 1.20. The fourth-order valence-corrected chi connectivity index (χ4v) is 1.81. The lowest BCUT2D eigenvalue weighted by atomic mass is 10.1. The molecule has 0 bridgehead atoms. The van der Waals surface area contributed by atoms with Gasteiger partial charge in [0.1, 0.15) is 17.1 Å². The van der Waals surface area contributed by atoms with Gasteiger partial charge in [-0.2, -0.15) is 0 Å². The number of fused-ring (bicyclic) bond motifs is 1. The van der Waals surface area contributed by atoms with Crippen LogP contribution in [0.5, 0.6) is 0 Å². The van der Waals surface area contributed by atoms with Crippen LogP contribution in [0.3, 0.4) is 0 Å². The van der Waals surface area contributed by atoms with Gasteiger partial charge in [-0.1, -0.05) is 34.1 Å². The highest BCUT2D eigenvalue weighted by atomic mass is 79.9. The predicted molar refractivity (Wildman–Crippen MR) is 61.7 cm³/mol. The minimum atomic E-state index is 0.452. The molecule has 0 saturated carbocycles. The third-order valence-electron chi connectivity index (χ3n) is 1.97. The molecule has 0 aliphatic heterocycles. The Bertz CT molecular complexity index is 492. The van der Waals surface area contributed by atoms with Crippen molar-refractivity contribution in [1.82, 2.24) is 15.0 Å². The van der Waals surface area contributed by atoms with Crippen LogP contribution >= 0.6 is 27.5 Å². The smallest absolute Gasteiger partial charge is 0.142 e. The van der Waals surface area contributed by atoms with Crippen molar-refractivity contribution in [3.05, 3.63) is 29.8 Å². The number of hydrogen-bond donors (Lipinski definition) is 1. The zero-order valence-electron chi connectivity index (χ0n) is 7.22. The van der Waals surface area contributed by atoms with Crippen molar-refractivity contribution in [3.8, 4) is 0 Å². The van der Waals surface area contributed by atoms with Crippen LogP contribution in [0.4, 0.5) is 0 Å². The molecule has 2 aromatic heterocycles. The molecular formula is C9H7BrClN3. The lowest BCUT2D eigenvalue weighted by Gasteiger charge is -1.99. The maximum atomic E-state index is 5.98. The van der Waals surface area contributed by atoms with Gasteiger partial charge in [-0.15, -0.1) is 0 Å². The number of halogens is 2. The van der Waals surface area contributed by atoms with E-state index in [1.54, 1.807) is 0 Å². The molecule has 2 aromatic rings. The Labute approximate surface area is 94.3 Å². The van der Waals surface area contributed by atoms with Crippen LogP contribution in [0, 0.1) is 0 Å². The number of allylic oxidation sites excluding steroid dienone is 1. The summed E-state index contributed by atoms with van der Waals surface area (Å²) in [6, 6.07) is 0. The van der Waals surface area contributed by atoms with E-state index in [1.165, 1.54) is 6.33 Å². The molecule has 0 spiro atoms. The number of aromatic nitrogens is 3. The van der Waals surface area contributed by atoms with Crippen molar-refractivity contribution in [2.75, 3.05) is 5.33 Å². The summed E-state index contributed by atoms with van der Waals surface area (Å²) in [7, 11) is 0. The van der Waals surface area contributed by atoms with E-state index < -0.39 is 0 Å². The number of alkyl halides is 1. The molecule has 3 nitrogen and oxygen atoms in total. The molecule has 0 aliphatic rings. The minimum Gasteiger partial charge on any atom is -0.345 e. The highest BCUT2D eigenvalue weighted by molar-refractivity contribution is 9.09. The van der Waals surface area contributed by atoms with E-state index in [-0.39, 0.29) is 0 Å². The molecule has 14 heavy (non-hydrogen) atoms. The number of rotatable bonds is 2. The summed E-state index contributed by atoms with van der Waals surface area (Å²) in [6.07, 6.45) is 3.27.